The van der Waals surface area contributed by atoms with Crippen LogP contribution in [0.1, 0.15) is 68.4 Å². The van der Waals surface area contributed by atoms with Crippen LogP contribution in [0.3, 0.4) is 0 Å². The van der Waals surface area contributed by atoms with E-state index in [1.807, 2.05) is 32.0 Å². The molecule has 4 rings (SSSR count). The summed E-state index contributed by atoms with van der Waals surface area (Å²) in [7, 11) is 0. The van der Waals surface area contributed by atoms with Crippen molar-refractivity contribution in [3.05, 3.63) is 70.8 Å². The Labute approximate surface area is 187 Å². The van der Waals surface area contributed by atoms with Gasteiger partial charge in [-0.1, -0.05) is 56.1 Å². The molecule has 6 heteroatoms. The molecule has 1 saturated carbocycles. The molecule has 1 aliphatic heterocycles. The largest absolute Gasteiger partial charge is 0.369 e. The summed E-state index contributed by atoms with van der Waals surface area (Å²) in [5.74, 6) is -1.60. The van der Waals surface area contributed by atoms with E-state index in [0.717, 1.165) is 12.8 Å². The van der Waals surface area contributed by atoms with E-state index >= 15 is 8.78 Å². The first kappa shape index (κ1) is 22.3. The van der Waals surface area contributed by atoms with Gasteiger partial charge in [-0.2, -0.15) is 0 Å². The molecule has 1 aliphatic carbocycles. The van der Waals surface area contributed by atoms with Crippen molar-refractivity contribution in [2.45, 2.75) is 69.7 Å². The summed E-state index contributed by atoms with van der Waals surface area (Å²) >= 11 is 1.70. The number of halogens is 2. The molecule has 1 saturated heterocycles. The summed E-state index contributed by atoms with van der Waals surface area (Å²) in [5.41, 5.74) is 6.08. The van der Waals surface area contributed by atoms with Crippen LogP contribution in [0.2, 0.25) is 0 Å². The highest BCUT2D eigenvalue weighted by molar-refractivity contribution is 7.97. The fourth-order valence-corrected chi connectivity index (χ4v) is 6.64. The molecule has 2 fully saturated rings. The van der Waals surface area contributed by atoms with E-state index in [2.05, 4.69) is 23.4 Å². The maximum atomic E-state index is 15.2. The molecule has 3 nitrogen and oxygen atoms in total. The van der Waals surface area contributed by atoms with Crippen molar-refractivity contribution in [2.24, 2.45) is 11.1 Å². The van der Waals surface area contributed by atoms with E-state index in [9.17, 15) is 4.79 Å². The van der Waals surface area contributed by atoms with Gasteiger partial charge >= 0.3 is 0 Å². The molecule has 2 atom stereocenters. The third-order valence-electron chi connectivity index (χ3n) is 6.78. The molecule has 1 heterocycles. The average molecular weight is 445 g/mol. The number of benzene rings is 2. The number of hydrogen-bond donors (Lipinski definition) is 1. The number of carbonyl (C=O) groups excluding carboxylic acids is 1. The van der Waals surface area contributed by atoms with E-state index < -0.39 is 23.0 Å². The number of hydrogen-bond acceptors (Lipinski definition) is 3. The number of nitrogens with zero attached hydrogens (tertiary/aromatic N) is 1. The molecular formula is C25H30F2N2OS. The lowest BCUT2D eigenvalue weighted by molar-refractivity contribution is -0.132. The molecule has 31 heavy (non-hydrogen) atoms. The topological polar surface area (TPSA) is 46.3 Å². The number of primary amides is 1. The Bertz CT molecular complexity index is 971. The van der Waals surface area contributed by atoms with Gasteiger partial charge in [-0.15, -0.1) is 0 Å². The second-order valence-corrected chi connectivity index (χ2v) is 11.1. The van der Waals surface area contributed by atoms with Crippen molar-refractivity contribution in [1.29, 1.82) is 0 Å². The van der Waals surface area contributed by atoms with Gasteiger partial charge in [0, 0.05) is 29.0 Å². The van der Waals surface area contributed by atoms with Gasteiger partial charge in [-0.25, -0.2) is 13.1 Å². The Balaban J connectivity index is 1.57. The maximum absolute atomic E-state index is 15.2. The Morgan fingerprint density at radius 1 is 1.13 bits per heavy atom. The zero-order valence-corrected chi connectivity index (χ0v) is 19.1. The first-order valence-electron chi connectivity index (χ1n) is 10.9. The number of carbonyl (C=O) groups is 1. The highest BCUT2D eigenvalue weighted by atomic mass is 32.2. The van der Waals surface area contributed by atoms with Crippen molar-refractivity contribution in [2.75, 3.05) is 0 Å². The standard InChI is InChI=1S/C25H30F2N2OS/c1-16-9-10-22(17-7-5-4-6-8-17)31-29(16)13-18-11-21(27)19(12-20(18)26)25(23(28)30)14-24(2,3)15-25/h4-8,11-12,16,22H,9-10,13-15H2,1-3H3,(H2,28,30)/t16-,22?/m0/s1. The fraction of sp³-hybridized carbons (Fsp3) is 0.480. The molecule has 0 bridgehead atoms. The van der Waals surface area contributed by atoms with Crippen molar-refractivity contribution >= 4 is 17.9 Å². The first-order valence-corrected chi connectivity index (χ1v) is 11.7. The van der Waals surface area contributed by atoms with Gasteiger partial charge in [0.2, 0.25) is 5.91 Å². The second-order valence-electron chi connectivity index (χ2n) is 9.89. The third-order valence-corrected chi connectivity index (χ3v) is 8.30. The smallest absolute Gasteiger partial charge is 0.228 e. The Hall–Kier alpha value is -1.92. The molecule has 1 amide bonds. The van der Waals surface area contributed by atoms with E-state index in [1.54, 1.807) is 11.9 Å². The molecule has 0 spiro atoms. The molecule has 2 aromatic rings. The van der Waals surface area contributed by atoms with Crippen molar-refractivity contribution in [3.8, 4) is 0 Å². The quantitative estimate of drug-likeness (QED) is 0.586. The molecule has 2 aliphatic rings. The normalized spacial score (nSPS) is 25.1. The summed E-state index contributed by atoms with van der Waals surface area (Å²) in [4.78, 5) is 12.2. The SMILES string of the molecule is C[C@H]1CCC(c2ccccc2)SN1Cc1cc(F)c(C2(C(N)=O)CC(C)(C)C2)cc1F. The van der Waals surface area contributed by atoms with E-state index in [0.29, 0.717) is 30.2 Å². The van der Waals surface area contributed by atoms with Gasteiger partial charge in [0.25, 0.3) is 0 Å². The maximum Gasteiger partial charge on any atom is 0.228 e. The lowest BCUT2D eigenvalue weighted by Gasteiger charge is -2.51. The molecule has 2 N–H and O–H groups in total. The van der Waals surface area contributed by atoms with E-state index in [-0.39, 0.29) is 17.0 Å². The summed E-state index contributed by atoms with van der Waals surface area (Å²) in [6.07, 6.45) is 2.92. The number of amides is 1. The van der Waals surface area contributed by atoms with Gasteiger partial charge < -0.3 is 5.73 Å². The van der Waals surface area contributed by atoms with Gasteiger partial charge in [-0.05, 0) is 55.7 Å². The number of rotatable bonds is 5. The van der Waals surface area contributed by atoms with Crippen molar-refractivity contribution in [1.82, 2.24) is 4.31 Å². The van der Waals surface area contributed by atoms with Crippen LogP contribution in [0, 0.1) is 17.0 Å². The molecular weight excluding hydrogens is 414 g/mol. The van der Waals surface area contributed by atoms with Crippen LogP contribution < -0.4 is 5.73 Å². The van der Waals surface area contributed by atoms with E-state index in [1.165, 1.54) is 17.7 Å². The molecule has 166 valence electrons. The predicted octanol–water partition coefficient (Wildman–Crippen LogP) is 5.88. The van der Waals surface area contributed by atoms with Gasteiger partial charge in [-0.3, -0.25) is 4.79 Å². The minimum atomic E-state index is -1.11. The first-order chi connectivity index (χ1) is 14.6. The molecule has 2 aromatic carbocycles. The Kier molecular flexibility index (Phi) is 5.90. The zero-order chi connectivity index (χ0) is 22.4. The van der Waals surface area contributed by atoms with Crippen LogP contribution in [0.5, 0.6) is 0 Å². The molecule has 0 aromatic heterocycles. The summed E-state index contributed by atoms with van der Waals surface area (Å²) < 4.78 is 32.4. The van der Waals surface area contributed by atoms with Gasteiger partial charge in [0.1, 0.15) is 11.6 Å². The monoisotopic (exact) mass is 444 g/mol. The lowest BCUT2D eigenvalue weighted by Crippen LogP contribution is -2.55. The van der Waals surface area contributed by atoms with Crippen LogP contribution in [0.15, 0.2) is 42.5 Å². The Morgan fingerprint density at radius 2 is 1.81 bits per heavy atom. The summed E-state index contributed by atoms with van der Waals surface area (Å²) in [6.45, 7) is 6.45. The fourth-order valence-electron chi connectivity index (χ4n) is 5.27. The molecule has 1 unspecified atom stereocenters. The van der Waals surface area contributed by atoms with Crippen molar-refractivity contribution in [3.63, 3.8) is 0 Å². The average Bonchev–Trinajstić information content (AvgIpc) is 2.70. The predicted molar refractivity (Wildman–Crippen MR) is 121 cm³/mol. The van der Waals surface area contributed by atoms with Crippen LogP contribution >= 0.6 is 11.9 Å². The van der Waals surface area contributed by atoms with Gasteiger partial charge in [0.15, 0.2) is 0 Å². The molecule has 0 radical (unpaired) electrons. The van der Waals surface area contributed by atoms with Crippen LogP contribution in [0.4, 0.5) is 8.78 Å². The second kappa shape index (κ2) is 8.21. The highest BCUT2D eigenvalue weighted by Crippen LogP contribution is 2.56. The third kappa shape index (κ3) is 4.24. The summed E-state index contributed by atoms with van der Waals surface area (Å²) in [6, 6.07) is 13.0. The Morgan fingerprint density at radius 3 is 2.42 bits per heavy atom. The number of nitrogens with two attached hydrogens (primary N) is 1. The highest BCUT2D eigenvalue weighted by Gasteiger charge is 2.55. The lowest BCUT2D eigenvalue weighted by atomic mass is 9.51. The van der Waals surface area contributed by atoms with E-state index in [4.69, 9.17) is 5.73 Å². The minimum absolute atomic E-state index is 0.0992. The van der Waals surface area contributed by atoms with Crippen LogP contribution in [-0.2, 0) is 16.8 Å². The van der Waals surface area contributed by atoms with Crippen molar-refractivity contribution < 1.29 is 13.6 Å². The van der Waals surface area contributed by atoms with Crippen LogP contribution in [0.25, 0.3) is 0 Å². The zero-order valence-electron chi connectivity index (χ0n) is 18.3. The summed E-state index contributed by atoms with van der Waals surface area (Å²) in [5, 5.41) is 0.305. The minimum Gasteiger partial charge on any atom is -0.369 e. The van der Waals surface area contributed by atoms with Gasteiger partial charge in [0.05, 0.1) is 5.41 Å². The van der Waals surface area contributed by atoms with Crippen LogP contribution in [-0.4, -0.2) is 16.3 Å².